The van der Waals surface area contributed by atoms with Gasteiger partial charge in [0.2, 0.25) is 0 Å². The van der Waals surface area contributed by atoms with Gasteiger partial charge in [0.25, 0.3) is 0 Å². The number of nitrogens with two attached hydrogens (primary N) is 1. The minimum absolute atomic E-state index is 0.845. The summed E-state index contributed by atoms with van der Waals surface area (Å²) in [4.78, 5) is 0. The zero-order valence-electron chi connectivity index (χ0n) is 15.6. The van der Waals surface area contributed by atoms with E-state index in [1.807, 2.05) is 0 Å². The lowest BCUT2D eigenvalue weighted by atomic mass is 10.1. The fourth-order valence-corrected chi connectivity index (χ4v) is 2.12. The third-order valence-electron chi connectivity index (χ3n) is 3.49. The SMILES string of the molecule is CCCC.CCCCCCCCCCCCCCCl.CN. The summed E-state index contributed by atoms with van der Waals surface area (Å²) in [6, 6.07) is 0. The van der Waals surface area contributed by atoms with E-state index in [2.05, 4.69) is 26.5 Å². The Labute approximate surface area is 141 Å². The lowest BCUT2D eigenvalue weighted by molar-refractivity contribution is 0.548. The highest BCUT2D eigenvalue weighted by molar-refractivity contribution is 6.17. The van der Waals surface area contributed by atoms with Crippen LogP contribution in [0.3, 0.4) is 0 Å². The van der Waals surface area contributed by atoms with Crippen LogP contribution in [0.5, 0.6) is 0 Å². The molecular formula is C19H44ClN. The molecule has 0 aromatic carbocycles. The average molecular weight is 322 g/mol. The zero-order valence-corrected chi connectivity index (χ0v) is 16.3. The van der Waals surface area contributed by atoms with E-state index in [0.717, 1.165) is 5.88 Å². The van der Waals surface area contributed by atoms with E-state index >= 15 is 0 Å². The van der Waals surface area contributed by atoms with Crippen LogP contribution in [0.1, 0.15) is 111 Å². The number of hydrogen-bond donors (Lipinski definition) is 1. The summed E-state index contributed by atoms with van der Waals surface area (Å²) in [6.45, 7) is 6.64. The maximum absolute atomic E-state index is 5.62. The van der Waals surface area contributed by atoms with Crippen molar-refractivity contribution in [2.24, 2.45) is 5.73 Å². The fourth-order valence-electron chi connectivity index (χ4n) is 1.94. The molecule has 0 aromatic heterocycles. The summed E-state index contributed by atoms with van der Waals surface area (Å²) in [5, 5.41) is 0. The highest BCUT2D eigenvalue weighted by atomic mass is 35.5. The van der Waals surface area contributed by atoms with Gasteiger partial charge in [-0.05, 0) is 13.5 Å². The maximum atomic E-state index is 5.62. The molecule has 1 nitrogen and oxygen atoms in total. The standard InChI is InChI=1S/C14H29Cl.C4H10.CH5N/c1-2-3-4-5-6-7-8-9-10-11-12-13-14-15;1-3-4-2;1-2/h2-14H2,1H3;3-4H2,1-2H3;2H2,1H3. The van der Waals surface area contributed by atoms with Gasteiger partial charge < -0.3 is 5.73 Å². The highest BCUT2D eigenvalue weighted by Crippen LogP contribution is 2.11. The topological polar surface area (TPSA) is 26.0 Å². The first kappa shape index (κ1) is 26.2. The first-order chi connectivity index (χ1) is 10.3. The predicted octanol–water partition coefficient (Wildman–Crippen LogP) is 7.31. The van der Waals surface area contributed by atoms with Gasteiger partial charge in [0.15, 0.2) is 0 Å². The molecular weight excluding hydrogens is 278 g/mol. The molecule has 2 N–H and O–H groups in total. The second-order valence-electron chi connectivity index (χ2n) is 5.58. The Kier molecular flexibility index (Phi) is 40.2. The van der Waals surface area contributed by atoms with Crippen molar-refractivity contribution in [3.8, 4) is 0 Å². The Morgan fingerprint density at radius 2 is 0.762 bits per heavy atom. The van der Waals surface area contributed by atoms with Gasteiger partial charge in [-0.25, -0.2) is 0 Å². The fraction of sp³-hybridized carbons (Fsp3) is 1.00. The number of alkyl halides is 1. The molecule has 0 bridgehead atoms. The summed E-state index contributed by atoms with van der Waals surface area (Å²) >= 11 is 5.62. The Hall–Kier alpha value is 0.250. The first-order valence-corrected chi connectivity index (χ1v) is 10.0. The lowest BCUT2D eigenvalue weighted by Gasteiger charge is -2.01. The van der Waals surface area contributed by atoms with E-state index < -0.39 is 0 Å². The second-order valence-corrected chi connectivity index (χ2v) is 5.96. The van der Waals surface area contributed by atoms with E-state index in [1.54, 1.807) is 0 Å². The van der Waals surface area contributed by atoms with Crippen molar-refractivity contribution in [3.05, 3.63) is 0 Å². The minimum atomic E-state index is 0.845. The molecule has 0 fully saturated rings. The smallest absolute Gasteiger partial charge is 0.0223 e. The normalized spacial score (nSPS) is 9.43. The van der Waals surface area contributed by atoms with Crippen molar-refractivity contribution < 1.29 is 0 Å². The monoisotopic (exact) mass is 321 g/mol. The van der Waals surface area contributed by atoms with E-state index in [-0.39, 0.29) is 0 Å². The van der Waals surface area contributed by atoms with Crippen LogP contribution in [-0.4, -0.2) is 12.9 Å². The first-order valence-electron chi connectivity index (χ1n) is 9.47. The Balaban J connectivity index is -0.000000461. The zero-order chi connectivity index (χ0) is 16.6. The summed E-state index contributed by atoms with van der Waals surface area (Å²) in [7, 11) is 1.50. The molecule has 0 saturated carbocycles. The Bertz CT molecular complexity index is 115. The van der Waals surface area contributed by atoms with Crippen LogP contribution in [-0.2, 0) is 0 Å². The molecule has 0 aromatic rings. The lowest BCUT2D eigenvalue weighted by Crippen LogP contribution is -1.82. The largest absolute Gasteiger partial charge is 0.333 e. The van der Waals surface area contributed by atoms with Gasteiger partial charge in [-0.1, -0.05) is 104 Å². The van der Waals surface area contributed by atoms with Crippen LogP contribution in [0.15, 0.2) is 0 Å². The van der Waals surface area contributed by atoms with Gasteiger partial charge in [0, 0.05) is 5.88 Å². The molecule has 0 rings (SSSR count). The van der Waals surface area contributed by atoms with Gasteiger partial charge in [-0.2, -0.15) is 0 Å². The Morgan fingerprint density at radius 3 is 1.00 bits per heavy atom. The molecule has 0 spiro atoms. The second kappa shape index (κ2) is 32.3. The molecule has 132 valence electrons. The summed E-state index contributed by atoms with van der Waals surface area (Å²) in [5.74, 6) is 0.845. The van der Waals surface area contributed by atoms with Crippen molar-refractivity contribution >= 4 is 11.6 Å². The minimum Gasteiger partial charge on any atom is -0.333 e. The van der Waals surface area contributed by atoms with Crippen LogP contribution in [0.25, 0.3) is 0 Å². The Morgan fingerprint density at radius 1 is 0.476 bits per heavy atom. The van der Waals surface area contributed by atoms with E-state index in [4.69, 9.17) is 11.6 Å². The molecule has 0 heterocycles. The van der Waals surface area contributed by atoms with E-state index in [9.17, 15) is 0 Å². The van der Waals surface area contributed by atoms with Gasteiger partial charge in [-0.15, -0.1) is 11.6 Å². The number of rotatable bonds is 13. The van der Waals surface area contributed by atoms with Crippen LogP contribution in [0.4, 0.5) is 0 Å². The molecule has 0 radical (unpaired) electrons. The third kappa shape index (κ3) is 38.4. The van der Waals surface area contributed by atoms with Crippen LogP contribution in [0.2, 0.25) is 0 Å². The molecule has 0 aliphatic rings. The van der Waals surface area contributed by atoms with Crippen molar-refractivity contribution in [1.29, 1.82) is 0 Å². The van der Waals surface area contributed by atoms with Crippen LogP contribution < -0.4 is 5.73 Å². The average Bonchev–Trinajstić information content (AvgIpc) is 2.55. The van der Waals surface area contributed by atoms with Gasteiger partial charge in [-0.3, -0.25) is 0 Å². The van der Waals surface area contributed by atoms with E-state index in [0.29, 0.717) is 0 Å². The molecule has 2 heteroatoms. The summed E-state index contributed by atoms with van der Waals surface area (Å²) < 4.78 is 0. The maximum Gasteiger partial charge on any atom is 0.0223 e. The molecule has 0 atom stereocenters. The van der Waals surface area contributed by atoms with Crippen LogP contribution >= 0.6 is 11.6 Å². The van der Waals surface area contributed by atoms with Gasteiger partial charge in [0.05, 0.1) is 0 Å². The molecule has 0 aliphatic heterocycles. The summed E-state index contributed by atoms with van der Waals surface area (Å²) in [6.07, 6.45) is 19.5. The van der Waals surface area contributed by atoms with Crippen molar-refractivity contribution in [2.75, 3.05) is 12.9 Å². The number of halogens is 1. The number of hydrogen-bond acceptors (Lipinski definition) is 1. The number of unbranched alkanes of at least 4 members (excludes halogenated alkanes) is 12. The third-order valence-corrected chi connectivity index (χ3v) is 3.75. The predicted molar refractivity (Wildman–Crippen MR) is 102 cm³/mol. The highest BCUT2D eigenvalue weighted by Gasteiger charge is 1.92. The molecule has 0 saturated heterocycles. The molecule has 0 aliphatic carbocycles. The molecule has 21 heavy (non-hydrogen) atoms. The van der Waals surface area contributed by atoms with Gasteiger partial charge in [0.1, 0.15) is 0 Å². The molecule has 0 unspecified atom stereocenters. The quantitative estimate of drug-likeness (QED) is 0.279. The van der Waals surface area contributed by atoms with Crippen LogP contribution in [0, 0.1) is 0 Å². The van der Waals surface area contributed by atoms with Crippen molar-refractivity contribution in [1.82, 2.24) is 0 Å². The van der Waals surface area contributed by atoms with Gasteiger partial charge >= 0.3 is 0 Å². The van der Waals surface area contributed by atoms with Crippen molar-refractivity contribution in [3.63, 3.8) is 0 Å². The molecule has 0 amide bonds. The van der Waals surface area contributed by atoms with E-state index in [1.165, 1.54) is 96.9 Å². The summed E-state index contributed by atoms with van der Waals surface area (Å²) in [5.41, 5.74) is 4.50. The van der Waals surface area contributed by atoms with Crippen molar-refractivity contribution in [2.45, 2.75) is 111 Å².